The molecule has 0 unspecified atom stereocenters. The van der Waals surface area contributed by atoms with E-state index in [1.807, 2.05) is 12.1 Å². The summed E-state index contributed by atoms with van der Waals surface area (Å²) in [6.07, 6.45) is 6.93. The lowest BCUT2D eigenvalue weighted by Crippen LogP contribution is -2.34. The molecule has 124 valence electrons. The Hall–Kier alpha value is -1.88. The predicted molar refractivity (Wildman–Crippen MR) is 90.5 cm³/mol. The van der Waals surface area contributed by atoms with Gasteiger partial charge in [-0.05, 0) is 50.9 Å². The zero-order valence-electron chi connectivity index (χ0n) is 13.5. The van der Waals surface area contributed by atoms with Crippen molar-refractivity contribution in [2.45, 2.75) is 44.6 Å². The van der Waals surface area contributed by atoms with Gasteiger partial charge < -0.3 is 10.6 Å². The molecular formula is C18H25N3O2. The van der Waals surface area contributed by atoms with Crippen LogP contribution in [0, 0.1) is 0 Å². The van der Waals surface area contributed by atoms with Crippen LogP contribution in [0.5, 0.6) is 0 Å². The Kier molecular flexibility index (Phi) is 5.28. The van der Waals surface area contributed by atoms with Crippen LogP contribution in [0.25, 0.3) is 0 Å². The van der Waals surface area contributed by atoms with Crippen molar-refractivity contribution in [1.29, 1.82) is 0 Å². The highest BCUT2D eigenvalue weighted by atomic mass is 16.2. The number of carbonyl (C=O) groups excluding carboxylic acids is 2. The molecule has 3 rings (SSSR count). The minimum Gasteiger partial charge on any atom is -0.349 e. The first-order valence-electron chi connectivity index (χ1n) is 8.64. The standard InChI is InChI=1S/C18H25N3O2/c22-17(13-21-11-5-1-2-6-12-21)20-16-8-4-3-7-15(16)18(23)19-14-9-10-14/h3-4,7-8,14H,1-2,5-6,9-13H2,(H,19,23)(H,20,22). The van der Waals surface area contributed by atoms with E-state index in [2.05, 4.69) is 15.5 Å². The Morgan fingerprint density at radius 2 is 1.74 bits per heavy atom. The lowest BCUT2D eigenvalue weighted by atomic mass is 10.1. The SMILES string of the molecule is O=C(CN1CCCCCC1)Nc1ccccc1C(=O)NC1CC1. The van der Waals surface area contributed by atoms with Crippen LogP contribution in [-0.2, 0) is 4.79 Å². The van der Waals surface area contributed by atoms with E-state index in [0.717, 1.165) is 38.8 Å². The number of amides is 2. The van der Waals surface area contributed by atoms with Crippen molar-refractivity contribution in [1.82, 2.24) is 10.2 Å². The molecule has 5 nitrogen and oxygen atoms in total. The average molecular weight is 315 g/mol. The van der Waals surface area contributed by atoms with Gasteiger partial charge in [-0.1, -0.05) is 25.0 Å². The number of hydrogen-bond acceptors (Lipinski definition) is 3. The zero-order chi connectivity index (χ0) is 16.1. The predicted octanol–water partition coefficient (Wildman–Crippen LogP) is 2.39. The lowest BCUT2D eigenvalue weighted by Gasteiger charge is -2.19. The Morgan fingerprint density at radius 3 is 2.43 bits per heavy atom. The monoisotopic (exact) mass is 315 g/mol. The molecular weight excluding hydrogens is 290 g/mol. The number of para-hydroxylation sites is 1. The van der Waals surface area contributed by atoms with Crippen molar-refractivity contribution >= 4 is 17.5 Å². The highest BCUT2D eigenvalue weighted by Gasteiger charge is 2.25. The minimum atomic E-state index is -0.0989. The van der Waals surface area contributed by atoms with E-state index in [1.54, 1.807) is 12.1 Å². The van der Waals surface area contributed by atoms with Crippen LogP contribution in [0.4, 0.5) is 5.69 Å². The third-order valence-electron chi connectivity index (χ3n) is 4.42. The fraction of sp³-hybridized carbons (Fsp3) is 0.556. The molecule has 23 heavy (non-hydrogen) atoms. The number of benzene rings is 1. The first-order chi connectivity index (χ1) is 11.2. The van der Waals surface area contributed by atoms with E-state index in [9.17, 15) is 9.59 Å². The summed E-state index contributed by atoms with van der Waals surface area (Å²) in [7, 11) is 0. The highest BCUT2D eigenvalue weighted by Crippen LogP contribution is 2.21. The van der Waals surface area contributed by atoms with E-state index in [1.165, 1.54) is 12.8 Å². The van der Waals surface area contributed by atoms with Gasteiger partial charge >= 0.3 is 0 Å². The van der Waals surface area contributed by atoms with Gasteiger partial charge in [0, 0.05) is 6.04 Å². The molecule has 0 aromatic heterocycles. The number of anilines is 1. The molecule has 2 amide bonds. The Balaban J connectivity index is 1.59. The van der Waals surface area contributed by atoms with Crippen LogP contribution in [0.3, 0.4) is 0 Å². The summed E-state index contributed by atoms with van der Waals surface area (Å²) in [6.45, 7) is 2.37. The normalized spacial score (nSPS) is 19.0. The van der Waals surface area contributed by atoms with Crippen LogP contribution in [-0.4, -0.2) is 42.4 Å². The van der Waals surface area contributed by atoms with Crippen molar-refractivity contribution in [3.8, 4) is 0 Å². The van der Waals surface area contributed by atoms with Gasteiger partial charge in [0.05, 0.1) is 17.8 Å². The molecule has 1 heterocycles. The highest BCUT2D eigenvalue weighted by molar-refractivity contribution is 6.04. The van der Waals surface area contributed by atoms with Crippen LogP contribution >= 0.6 is 0 Å². The Morgan fingerprint density at radius 1 is 1.04 bits per heavy atom. The molecule has 1 aromatic rings. The molecule has 1 aromatic carbocycles. The van der Waals surface area contributed by atoms with Crippen LogP contribution < -0.4 is 10.6 Å². The molecule has 1 saturated heterocycles. The Labute approximate surface area is 137 Å². The van der Waals surface area contributed by atoms with Gasteiger partial charge in [-0.2, -0.15) is 0 Å². The summed E-state index contributed by atoms with van der Waals surface area (Å²) in [5.74, 6) is -0.142. The summed E-state index contributed by atoms with van der Waals surface area (Å²) in [6, 6.07) is 7.53. The molecule has 1 saturated carbocycles. The first kappa shape index (κ1) is 16.0. The van der Waals surface area contributed by atoms with Crippen molar-refractivity contribution in [3.63, 3.8) is 0 Å². The summed E-state index contributed by atoms with van der Waals surface area (Å²) >= 11 is 0. The molecule has 0 spiro atoms. The third kappa shape index (κ3) is 4.79. The fourth-order valence-corrected chi connectivity index (χ4v) is 2.97. The maximum Gasteiger partial charge on any atom is 0.253 e. The molecule has 1 aliphatic heterocycles. The van der Waals surface area contributed by atoms with Gasteiger partial charge in [-0.25, -0.2) is 0 Å². The second-order valence-electron chi connectivity index (χ2n) is 6.53. The maximum atomic E-state index is 12.3. The number of nitrogens with one attached hydrogen (secondary N) is 2. The van der Waals surface area contributed by atoms with E-state index < -0.39 is 0 Å². The van der Waals surface area contributed by atoms with Gasteiger partial charge in [-0.15, -0.1) is 0 Å². The quantitative estimate of drug-likeness (QED) is 0.877. The maximum absolute atomic E-state index is 12.3. The topological polar surface area (TPSA) is 61.4 Å². The molecule has 0 bridgehead atoms. The lowest BCUT2D eigenvalue weighted by molar-refractivity contribution is -0.117. The molecule has 2 N–H and O–H groups in total. The van der Waals surface area contributed by atoms with Gasteiger partial charge in [-0.3, -0.25) is 14.5 Å². The molecule has 0 radical (unpaired) electrons. The smallest absolute Gasteiger partial charge is 0.253 e. The number of likely N-dealkylation sites (tertiary alicyclic amines) is 1. The van der Waals surface area contributed by atoms with E-state index in [-0.39, 0.29) is 11.8 Å². The summed E-state index contributed by atoms with van der Waals surface area (Å²) in [5.41, 5.74) is 1.15. The largest absolute Gasteiger partial charge is 0.349 e. The van der Waals surface area contributed by atoms with Crippen molar-refractivity contribution < 1.29 is 9.59 Å². The molecule has 5 heteroatoms. The van der Waals surface area contributed by atoms with Gasteiger partial charge in [0.1, 0.15) is 0 Å². The average Bonchev–Trinajstić information content (AvgIpc) is 3.35. The van der Waals surface area contributed by atoms with Crippen LogP contribution in [0.1, 0.15) is 48.9 Å². The van der Waals surface area contributed by atoms with E-state index in [4.69, 9.17) is 0 Å². The number of hydrogen-bond donors (Lipinski definition) is 2. The van der Waals surface area contributed by atoms with Crippen molar-refractivity contribution in [2.75, 3.05) is 25.0 Å². The van der Waals surface area contributed by atoms with Crippen molar-refractivity contribution in [3.05, 3.63) is 29.8 Å². The first-order valence-corrected chi connectivity index (χ1v) is 8.64. The third-order valence-corrected chi connectivity index (χ3v) is 4.42. The Bertz CT molecular complexity index is 561. The van der Waals surface area contributed by atoms with Crippen LogP contribution in [0.15, 0.2) is 24.3 Å². The summed E-state index contributed by atoms with van der Waals surface area (Å²) in [4.78, 5) is 26.8. The molecule has 2 aliphatic rings. The zero-order valence-corrected chi connectivity index (χ0v) is 13.5. The van der Waals surface area contributed by atoms with E-state index in [0.29, 0.717) is 23.8 Å². The number of carbonyl (C=O) groups is 2. The fourth-order valence-electron chi connectivity index (χ4n) is 2.97. The van der Waals surface area contributed by atoms with E-state index >= 15 is 0 Å². The van der Waals surface area contributed by atoms with Gasteiger partial charge in [0.2, 0.25) is 5.91 Å². The number of nitrogens with zero attached hydrogens (tertiary/aromatic N) is 1. The summed E-state index contributed by atoms with van der Waals surface area (Å²) < 4.78 is 0. The second-order valence-corrected chi connectivity index (χ2v) is 6.53. The molecule has 2 fully saturated rings. The number of rotatable bonds is 5. The molecule has 0 atom stereocenters. The van der Waals surface area contributed by atoms with Crippen molar-refractivity contribution in [2.24, 2.45) is 0 Å². The van der Waals surface area contributed by atoms with Crippen LogP contribution in [0.2, 0.25) is 0 Å². The van der Waals surface area contributed by atoms with Gasteiger partial charge in [0.25, 0.3) is 5.91 Å². The molecule has 1 aliphatic carbocycles. The minimum absolute atomic E-state index is 0.0430. The summed E-state index contributed by atoms with van der Waals surface area (Å²) in [5, 5.41) is 5.88. The van der Waals surface area contributed by atoms with Gasteiger partial charge in [0.15, 0.2) is 0 Å². The second kappa shape index (κ2) is 7.59.